The van der Waals surface area contributed by atoms with Crippen LogP contribution >= 0.6 is 0 Å². The van der Waals surface area contributed by atoms with Crippen molar-refractivity contribution in [1.82, 2.24) is 4.98 Å². The number of anilines is 3. The second kappa shape index (κ2) is 7.72. The molecule has 2 heterocycles. The van der Waals surface area contributed by atoms with Gasteiger partial charge >= 0.3 is 0 Å². The normalized spacial score (nSPS) is 12.8. The number of pyridine rings is 1. The summed E-state index contributed by atoms with van der Waals surface area (Å²) in [4.78, 5) is 19.0. The van der Waals surface area contributed by atoms with E-state index >= 15 is 0 Å². The van der Waals surface area contributed by atoms with Crippen molar-refractivity contribution < 1.29 is 9.53 Å². The first-order valence-corrected chi connectivity index (χ1v) is 9.50. The molecule has 1 N–H and O–H groups in total. The lowest BCUT2D eigenvalue weighted by molar-refractivity contribution is 0.0984. The Bertz CT molecular complexity index is 966. The van der Waals surface area contributed by atoms with Crippen molar-refractivity contribution in [1.29, 1.82) is 0 Å². The van der Waals surface area contributed by atoms with Crippen LogP contribution in [0, 0.1) is 0 Å². The molecule has 0 radical (unpaired) electrons. The zero-order valence-electron chi connectivity index (χ0n) is 16.1. The van der Waals surface area contributed by atoms with Crippen LogP contribution in [0.3, 0.4) is 0 Å². The van der Waals surface area contributed by atoms with E-state index in [2.05, 4.69) is 16.4 Å². The molecule has 4 rings (SSSR count). The highest BCUT2D eigenvalue weighted by Gasteiger charge is 2.25. The van der Waals surface area contributed by atoms with Gasteiger partial charge in [0.05, 0.1) is 18.0 Å². The van der Waals surface area contributed by atoms with Gasteiger partial charge in [0.15, 0.2) is 0 Å². The average molecular weight is 373 g/mol. The summed E-state index contributed by atoms with van der Waals surface area (Å²) >= 11 is 0. The Hall–Kier alpha value is -3.34. The van der Waals surface area contributed by atoms with Crippen LogP contribution < -0.4 is 15.0 Å². The van der Waals surface area contributed by atoms with Crippen molar-refractivity contribution in [2.24, 2.45) is 0 Å². The van der Waals surface area contributed by atoms with Crippen LogP contribution in [0.4, 0.5) is 17.1 Å². The lowest BCUT2D eigenvalue weighted by atomic mass is 10.2. The maximum absolute atomic E-state index is 12.8. The molecule has 142 valence electrons. The lowest BCUT2D eigenvalue weighted by Gasteiger charge is -2.17. The number of nitrogens with one attached hydrogen (secondary N) is 1. The number of hydrogen-bond donors (Lipinski definition) is 1. The van der Waals surface area contributed by atoms with E-state index in [1.807, 2.05) is 62.4 Å². The van der Waals surface area contributed by atoms with E-state index in [4.69, 9.17) is 4.74 Å². The van der Waals surface area contributed by atoms with Gasteiger partial charge in [0, 0.05) is 17.9 Å². The number of benzene rings is 2. The van der Waals surface area contributed by atoms with Gasteiger partial charge in [-0.1, -0.05) is 18.2 Å². The van der Waals surface area contributed by atoms with Gasteiger partial charge in [-0.15, -0.1) is 0 Å². The molecule has 2 aromatic carbocycles. The third kappa shape index (κ3) is 3.83. The number of para-hydroxylation sites is 1. The molecule has 0 spiro atoms. The summed E-state index contributed by atoms with van der Waals surface area (Å²) in [5.41, 5.74) is 4.41. The van der Waals surface area contributed by atoms with Gasteiger partial charge in [-0.05, 0) is 68.3 Å². The third-order valence-electron chi connectivity index (χ3n) is 4.63. The molecule has 0 unspecified atom stereocenters. The Morgan fingerprint density at radius 1 is 1.04 bits per heavy atom. The molecule has 0 saturated heterocycles. The number of hydrogen-bond acceptors (Lipinski definition) is 4. The standard InChI is InChI=1S/C23H23N3O2/c1-16(2)28-20-10-7-18(8-11-20)25-19-9-12-21(24-15-19)23(27)26-14-13-17-5-3-4-6-22(17)26/h3-12,15-16,25H,13-14H2,1-2H3. The van der Waals surface area contributed by atoms with Crippen LogP contribution in [0.5, 0.6) is 5.75 Å². The Morgan fingerprint density at radius 2 is 1.79 bits per heavy atom. The Labute approximate surface area is 165 Å². The third-order valence-corrected chi connectivity index (χ3v) is 4.63. The minimum atomic E-state index is -0.0633. The SMILES string of the molecule is CC(C)Oc1ccc(Nc2ccc(C(=O)N3CCc4ccccc43)nc2)cc1. The van der Waals surface area contributed by atoms with Crippen molar-refractivity contribution >= 4 is 23.0 Å². The number of nitrogens with zero attached hydrogens (tertiary/aromatic N) is 2. The molecule has 0 bridgehead atoms. The molecule has 1 aromatic heterocycles. The smallest absolute Gasteiger partial charge is 0.276 e. The van der Waals surface area contributed by atoms with E-state index in [-0.39, 0.29) is 12.0 Å². The highest BCUT2D eigenvalue weighted by Crippen LogP contribution is 2.28. The Morgan fingerprint density at radius 3 is 2.50 bits per heavy atom. The van der Waals surface area contributed by atoms with Crippen LogP contribution in [0.15, 0.2) is 66.9 Å². The number of carbonyl (C=O) groups excluding carboxylic acids is 1. The van der Waals surface area contributed by atoms with Crippen molar-refractivity contribution in [3.8, 4) is 5.75 Å². The number of fused-ring (bicyclic) bond motifs is 1. The van der Waals surface area contributed by atoms with Crippen molar-refractivity contribution in [3.63, 3.8) is 0 Å². The number of ether oxygens (including phenoxy) is 1. The monoisotopic (exact) mass is 373 g/mol. The van der Waals surface area contributed by atoms with E-state index in [1.165, 1.54) is 5.56 Å². The van der Waals surface area contributed by atoms with Gasteiger partial charge in [-0.3, -0.25) is 4.79 Å². The van der Waals surface area contributed by atoms with E-state index < -0.39 is 0 Å². The quantitative estimate of drug-likeness (QED) is 0.697. The molecule has 5 heteroatoms. The van der Waals surface area contributed by atoms with E-state index in [9.17, 15) is 4.79 Å². The van der Waals surface area contributed by atoms with Crippen LogP contribution in [0.1, 0.15) is 29.9 Å². The van der Waals surface area contributed by atoms with Crippen LogP contribution in [0.25, 0.3) is 0 Å². The molecule has 3 aromatic rings. The summed E-state index contributed by atoms with van der Waals surface area (Å²) in [6, 6.07) is 19.4. The predicted molar refractivity (Wildman–Crippen MR) is 112 cm³/mol. The molecule has 0 atom stereocenters. The van der Waals surface area contributed by atoms with Crippen LogP contribution in [-0.4, -0.2) is 23.5 Å². The van der Waals surface area contributed by atoms with Gasteiger partial charge in [-0.25, -0.2) is 4.98 Å². The minimum Gasteiger partial charge on any atom is -0.491 e. The summed E-state index contributed by atoms with van der Waals surface area (Å²) in [5.74, 6) is 0.775. The first-order valence-electron chi connectivity index (χ1n) is 9.50. The topological polar surface area (TPSA) is 54.5 Å². The summed E-state index contributed by atoms with van der Waals surface area (Å²) in [7, 11) is 0. The number of aromatic nitrogens is 1. The summed E-state index contributed by atoms with van der Waals surface area (Å²) in [5, 5.41) is 3.29. The molecule has 5 nitrogen and oxygen atoms in total. The lowest BCUT2D eigenvalue weighted by Crippen LogP contribution is -2.29. The highest BCUT2D eigenvalue weighted by molar-refractivity contribution is 6.06. The average Bonchev–Trinajstić information content (AvgIpc) is 3.13. The number of carbonyl (C=O) groups is 1. The maximum Gasteiger partial charge on any atom is 0.276 e. The zero-order valence-corrected chi connectivity index (χ0v) is 16.1. The van der Waals surface area contributed by atoms with Gasteiger partial charge < -0.3 is 15.0 Å². The summed E-state index contributed by atoms with van der Waals surface area (Å²) in [6.45, 7) is 4.70. The molecule has 1 aliphatic rings. The molecule has 1 amide bonds. The fourth-order valence-corrected chi connectivity index (χ4v) is 3.34. The number of rotatable bonds is 5. The molecular weight excluding hydrogens is 350 g/mol. The number of amides is 1. The molecule has 0 saturated carbocycles. The molecule has 28 heavy (non-hydrogen) atoms. The van der Waals surface area contributed by atoms with Gasteiger partial charge in [0.2, 0.25) is 0 Å². The Kier molecular flexibility index (Phi) is 4.98. The summed E-state index contributed by atoms with van der Waals surface area (Å²) in [6.07, 6.45) is 2.72. The van der Waals surface area contributed by atoms with Gasteiger partial charge in [0.25, 0.3) is 5.91 Å². The first kappa shape index (κ1) is 18.0. The van der Waals surface area contributed by atoms with Crippen molar-refractivity contribution in [2.45, 2.75) is 26.4 Å². The first-order chi connectivity index (χ1) is 13.6. The maximum atomic E-state index is 12.8. The fraction of sp³-hybridized carbons (Fsp3) is 0.217. The second-order valence-electron chi connectivity index (χ2n) is 7.08. The predicted octanol–water partition coefficient (Wildman–Crippen LogP) is 4.82. The molecule has 1 aliphatic heterocycles. The van der Waals surface area contributed by atoms with Crippen molar-refractivity contribution in [2.75, 3.05) is 16.8 Å². The van der Waals surface area contributed by atoms with E-state index in [0.29, 0.717) is 12.2 Å². The highest BCUT2D eigenvalue weighted by atomic mass is 16.5. The minimum absolute atomic E-state index is 0.0633. The molecule has 0 fully saturated rings. The largest absolute Gasteiger partial charge is 0.491 e. The van der Waals surface area contributed by atoms with Crippen LogP contribution in [0.2, 0.25) is 0 Å². The van der Waals surface area contributed by atoms with E-state index in [0.717, 1.165) is 29.2 Å². The second-order valence-corrected chi connectivity index (χ2v) is 7.08. The molecule has 0 aliphatic carbocycles. The fourth-order valence-electron chi connectivity index (χ4n) is 3.34. The molecular formula is C23H23N3O2. The zero-order chi connectivity index (χ0) is 19.5. The van der Waals surface area contributed by atoms with Crippen LogP contribution in [-0.2, 0) is 6.42 Å². The van der Waals surface area contributed by atoms with Gasteiger partial charge in [-0.2, -0.15) is 0 Å². The van der Waals surface area contributed by atoms with E-state index in [1.54, 1.807) is 17.2 Å². The van der Waals surface area contributed by atoms with Crippen molar-refractivity contribution in [3.05, 3.63) is 78.1 Å². The van der Waals surface area contributed by atoms with Gasteiger partial charge in [0.1, 0.15) is 11.4 Å². The Balaban J connectivity index is 1.43. The summed E-state index contributed by atoms with van der Waals surface area (Å²) < 4.78 is 5.65.